The molecule has 1 aromatic rings. The third-order valence-corrected chi connectivity index (χ3v) is 2.72. The number of benzene rings is 1. The molecule has 0 heterocycles. The summed E-state index contributed by atoms with van der Waals surface area (Å²) < 4.78 is 5.36. The summed E-state index contributed by atoms with van der Waals surface area (Å²) in [5.74, 6) is 0. The molecule has 4 nitrogen and oxygen atoms in total. The molecule has 0 aliphatic rings. The molecule has 0 fully saturated rings. The quantitative estimate of drug-likeness (QED) is 0.901. The molecule has 0 aliphatic heterocycles. The Morgan fingerprint density at radius 2 is 2.33 bits per heavy atom. The van der Waals surface area contributed by atoms with Crippen molar-refractivity contribution >= 4 is 39.3 Å². The molecule has 1 amide bonds. The summed E-state index contributed by atoms with van der Waals surface area (Å²) in [6, 6.07) is 4.98. The molecule has 0 saturated carbocycles. The zero-order chi connectivity index (χ0) is 11.3. The number of anilines is 1. The van der Waals surface area contributed by atoms with E-state index in [-0.39, 0.29) is 13.2 Å². The number of amides is 1. The highest BCUT2D eigenvalue weighted by molar-refractivity contribution is 9.10. The van der Waals surface area contributed by atoms with Gasteiger partial charge in [-0.05, 0) is 34.1 Å². The van der Waals surface area contributed by atoms with E-state index in [0.29, 0.717) is 10.7 Å². The number of nitrogens with one attached hydrogen (secondary N) is 1. The van der Waals surface area contributed by atoms with Gasteiger partial charge in [0.05, 0.1) is 11.6 Å². The zero-order valence-electron chi connectivity index (χ0n) is 7.67. The lowest BCUT2D eigenvalue weighted by Gasteiger charge is -2.06. The second-order valence-corrected chi connectivity index (χ2v) is 3.87. The van der Waals surface area contributed by atoms with Gasteiger partial charge in [-0.15, -0.1) is 0 Å². The van der Waals surface area contributed by atoms with E-state index in [9.17, 15) is 4.79 Å². The summed E-state index contributed by atoms with van der Waals surface area (Å²) in [5.41, 5.74) is 0.533. The molecule has 82 valence electrons. The monoisotopic (exact) mass is 293 g/mol. The molecular weight excluding hydrogens is 285 g/mol. The lowest BCUT2D eigenvalue weighted by Crippen LogP contribution is -2.15. The molecule has 0 aromatic heterocycles. The second-order valence-electron chi connectivity index (χ2n) is 2.61. The first kappa shape index (κ1) is 12.3. The van der Waals surface area contributed by atoms with Gasteiger partial charge in [0.25, 0.3) is 0 Å². The van der Waals surface area contributed by atoms with Crippen molar-refractivity contribution in [2.24, 2.45) is 0 Å². The van der Waals surface area contributed by atoms with E-state index in [1.807, 2.05) is 0 Å². The largest absolute Gasteiger partial charge is 0.447 e. The SMILES string of the molecule is O=C(Nc1ccc(Br)c(Cl)c1)OCCO. The van der Waals surface area contributed by atoms with Gasteiger partial charge in [0.15, 0.2) is 0 Å². The standard InChI is InChI=1S/C9H9BrClNO3/c10-7-2-1-6(5-8(7)11)12-9(14)15-4-3-13/h1-2,5,13H,3-4H2,(H,12,14). The smallest absolute Gasteiger partial charge is 0.411 e. The van der Waals surface area contributed by atoms with Crippen LogP contribution in [0.15, 0.2) is 22.7 Å². The predicted molar refractivity (Wildman–Crippen MR) is 61.2 cm³/mol. The maximum Gasteiger partial charge on any atom is 0.411 e. The van der Waals surface area contributed by atoms with Crippen LogP contribution in [0, 0.1) is 0 Å². The van der Waals surface area contributed by atoms with Gasteiger partial charge < -0.3 is 9.84 Å². The molecule has 6 heteroatoms. The van der Waals surface area contributed by atoms with Gasteiger partial charge in [-0.1, -0.05) is 11.6 Å². The Morgan fingerprint density at radius 1 is 1.60 bits per heavy atom. The number of carbonyl (C=O) groups excluding carboxylic acids is 1. The molecule has 0 bridgehead atoms. The Morgan fingerprint density at radius 3 is 2.93 bits per heavy atom. The first-order valence-corrected chi connectivity index (χ1v) is 5.30. The van der Waals surface area contributed by atoms with E-state index in [1.165, 1.54) is 0 Å². The van der Waals surface area contributed by atoms with Gasteiger partial charge in [-0.25, -0.2) is 4.79 Å². The minimum absolute atomic E-state index is 0.0317. The Bertz CT molecular complexity index is 359. The molecule has 0 aliphatic carbocycles. The molecule has 1 rings (SSSR count). The lowest BCUT2D eigenvalue weighted by molar-refractivity contribution is 0.131. The van der Waals surface area contributed by atoms with Crippen molar-refractivity contribution < 1.29 is 14.6 Å². The fraction of sp³-hybridized carbons (Fsp3) is 0.222. The van der Waals surface area contributed by atoms with Crippen LogP contribution < -0.4 is 5.32 Å². The Balaban J connectivity index is 2.57. The van der Waals surface area contributed by atoms with Gasteiger partial charge >= 0.3 is 6.09 Å². The van der Waals surface area contributed by atoms with Crippen LogP contribution in [-0.4, -0.2) is 24.4 Å². The summed E-state index contributed by atoms with van der Waals surface area (Å²) in [6.45, 7) is -0.232. The van der Waals surface area contributed by atoms with Crippen molar-refractivity contribution in [2.45, 2.75) is 0 Å². The number of aliphatic hydroxyl groups excluding tert-OH is 1. The van der Waals surface area contributed by atoms with Crippen LogP contribution in [-0.2, 0) is 4.74 Å². The molecular formula is C9H9BrClNO3. The Labute approximate surface area is 100 Å². The third-order valence-electron chi connectivity index (χ3n) is 1.49. The third kappa shape index (κ3) is 4.07. The summed E-state index contributed by atoms with van der Waals surface area (Å²) in [4.78, 5) is 11.1. The molecule has 15 heavy (non-hydrogen) atoms. The van der Waals surface area contributed by atoms with Crippen LogP contribution in [0.3, 0.4) is 0 Å². The maximum atomic E-state index is 11.1. The van der Waals surface area contributed by atoms with Crippen molar-refractivity contribution in [3.63, 3.8) is 0 Å². The average molecular weight is 295 g/mol. The van der Waals surface area contributed by atoms with Gasteiger partial charge in [0.2, 0.25) is 0 Å². The van der Waals surface area contributed by atoms with Crippen molar-refractivity contribution in [2.75, 3.05) is 18.5 Å². The Hall–Kier alpha value is -0.780. The summed E-state index contributed by atoms with van der Waals surface area (Å²) in [7, 11) is 0. The second kappa shape index (κ2) is 5.95. The number of rotatable bonds is 3. The van der Waals surface area contributed by atoms with E-state index < -0.39 is 6.09 Å². The van der Waals surface area contributed by atoms with Gasteiger partial charge in [-0.3, -0.25) is 5.32 Å². The van der Waals surface area contributed by atoms with E-state index in [1.54, 1.807) is 18.2 Å². The molecule has 0 spiro atoms. The number of hydrogen-bond acceptors (Lipinski definition) is 3. The van der Waals surface area contributed by atoms with Gasteiger partial charge in [0.1, 0.15) is 6.61 Å². The minimum atomic E-state index is -0.623. The normalized spacial score (nSPS) is 9.80. The summed E-state index contributed by atoms with van der Waals surface area (Å²) in [6.07, 6.45) is -0.623. The zero-order valence-corrected chi connectivity index (χ0v) is 10.0. The number of hydrogen-bond donors (Lipinski definition) is 2. The maximum absolute atomic E-state index is 11.1. The highest BCUT2D eigenvalue weighted by Crippen LogP contribution is 2.25. The van der Waals surface area contributed by atoms with E-state index in [4.69, 9.17) is 16.7 Å². The highest BCUT2D eigenvalue weighted by atomic mass is 79.9. The number of ether oxygens (including phenoxy) is 1. The van der Waals surface area contributed by atoms with Crippen LogP contribution in [0.1, 0.15) is 0 Å². The van der Waals surface area contributed by atoms with Crippen molar-refractivity contribution in [3.8, 4) is 0 Å². The minimum Gasteiger partial charge on any atom is -0.447 e. The molecule has 2 N–H and O–H groups in total. The number of aliphatic hydroxyl groups is 1. The van der Waals surface area contributed by atoms with Crippen molar-refractivity contribution in [1.29, 1.82) is 0 Å². The summed E-state index contributed by atoms with van der Waals surface area (Å²) >= 11 is 9.05. The highest BCUT2D eigenvalue weighted by Gasteiger charge is 2.04. The number of halogens is 2. The van der Waals surface area contributed by atoms with E-state index >= 15 is 0 Å². The fourth-order valence-electron chi connectivity index (χ4n) is 0.866. The van der Waals surface area contributed by atoms with Crippen molar-refractivity contribution in [1.82, 2.24) is 0 Å². The van der Waals surface area contributed by atoms with Crippen LogP contribution in [0.2, 0.25) is 5.02 Å². The summed E-state index contributed by atoms with van der Waals surface area (Å²) in [5, 5.41) is 11.4. The molecule has 0 saturated heterocycles. The van der Waals surface area contributed by atoms with E-state index in [2.05, 4.69) is 26.0 Å². The molecule has 0 unspecified atom stereocenters. The Kier molecular flexibility index (Phi) is 4.87. The molecule has 1 aromatic carbocycles. The van der Waals surface area contributed by atoms with Gasteiger partial charge in [0, 0.05) is 10.2 Å². The van der Waals surface area contributed by atoms with E-state index in [0.717, 1.165) is 4.47 Å². The fourth-order valence-corrected chi connectivity index (χ4v) is 1.29. The van der Waals surface area contributed by atoms with Gasteiger partial charge in [-0.2, -0.15) is 0 Å². The average Bonchev–Trinajstić information content (AvgIpc) is 2.20. The first-order chi connectivity index (χ1) is 7.13. The van der Waals surface area contributed by atoms with Crippen molar-refractivity contribution in [3.05, 3.63) is 27.7 Å². The predicted octanol–water partition coefficient (Wildman–Crippen LogP) is 2.64. The lowest BCUT2D eigenvalue weighted by atomic mass is 10.3. The first-order valence-electron chi connectivity index (χ1n) is 4.13. The molecule has 0 radical (unpaired) electrons. The van der Waals surface area contributed by atoms with Crippen LogP contribution in [0.4, 0.5) is 10.5 Å². The van der Waals surface area contributed by atoms with Crippen LogP contribution in [0.5, 0.6) is 0 Å². The van der Waals surface area contributed by atoms with Crippen LogP contribution in [0.25, 0.3) is 0 Å². The topological polar surface area (TPSA) is 58.6 Å². The number of carbonyl (C=O) groups is 1. The van der Waals surface area contributed by atoms with Crippen LogP contribution >= 0.6 is 27.5 Å². The molecule has 0 atom stereocenters.